The van der Waals surface area contributed by atoms with Crippen molar-refractivity contribution in [3.05, 3.63) is 50.8 Å². The van der Waals surface area contributed by atoms with Crippen molar-refractivity contribution in [1.29, 1.82) is 0 Å². The Morgan fingerprint density at radius 2 is 1.96 bits per heavy atom. The fourth-order valence-corrected chi connectivity index (χ4v) is 3.30. The van der Waals surface area contributed by atoms with Gasteiger partial charge in [-0.15, -0.1) is 0 Å². The van der Waals surface area contributed by atoms with Gasteiger partial charge in [-0.1, -0.05) is 0 Å². The van der Waals surface area contributed by atoms with Gasteiger partial charge >= 0.3 is 0 Å². The average molecular weight is 364 g/mol. The first-order valence-corrected chi connectivity index (χ1v) is 10.0. The standard InChI is InChI=1S/C17H20N2O5S/c1-11-13(5-6-16(20)18-11)14-8-19(10-25(2,22)23)17(21)7-15(14)24-9-12-3-4-12/h5-8,12H,3-4,9-10H2,1-2H3,(H,18,20). The second-order valence-corrected chi connectivity index (χ2v) is 8.64. The Hall–Kier alpha value is -2.35. The molecule has 0 saturated heterocycles. The van der Waals surface area contributed by atoms with Crippen molar-refractivity contribution < 1.29 is 13.2 Å². The number of rotatable bonds is 6. The van der Waals surface area contributed by atoms with Gasteiger partial charge in [0, 0.05) is 41.4 Å². The summed E-state index contributed by atoms with van der Waals surface area (Å²) in [6, 6.07) is 4.34. The summed E-state index contributed by atoms with van der Waals surface area (Å²) in [7, 11) is -3.38. The van der Waals surface area contributed by atoms with E-state index in [1.807, 2.05) is 0 Å². The molecule has 3 rings (SSSR count). The van der Waals surface area contributed by atoms with E-state index in [1.54, 1.807) is 13.0 Å². The maximum absolute atomic E-state index is 12.3. The number of nitrogens with zero attached hydrogens (tertiary/aromatic N) is 1. The van der Waals surface area contributed by atoms with Gasteiger partial charge in [0.15, 0.2) is 9.84 Å². The lowest BCUT2D eigenvalue weighted by molar-refractivity contribution is 0.300. The number of aromatic amines is 1. The van der Waals surface area contributed by atoms with Crippen LogP contribution in [0.3, 0.4) is 0 Å². The molecule has 2 heterocycles. The van der Waals surface area contributed by atoms with Crippen molar-refractivity contribution in [2.24, 2.45) is 5.92 Å². The van der Waals surface area contributed by atoms with E-state index in [-0.39, 0.29) is 5.56 Å². The average Bonchev–Trinajstić information content (AvgIpc) is 3.31. The summed E-state index contributed by atoms with van der Waals surface area (Å²) in [5.74, 6) is 0.490. The molecule has 2 aromatic heterocycles. The smallest absolute Gasteiger partial charge is 0.255 e. The molecule has 1 aliphatic carbocycles. The second kappa shape index (κ2) is 6.51. The van der Waals surface area contributed by atoms with Crippen LogP contribution in [0, 0.1) is 12.8 Å². The fraction of sp³-hybridized carbons (Fsp3) is 0.412. The number of hydrogen-bond acceptors (Lipinski definition) is 5. The molecule has 0 atom stereocenters. The van der Waals surface area contributed by atoms with E-state index in [1.165, 1.54) is 18.3 Å². The van der Waals surface area contributed by atoms with Gasteiger partial charge in [-0.2, -0.15) is 0 Å². The minimum atomic E-state index is -3.38. The van der Waals surface area contributed by atoms with Gasteiger partial charge in [-0.25, -0.2) is 8.42 Å². The van der Waals surface area contributed by atoms with Gasteiger partial charge in [-0.05, 0) is 31.7 Å². The summed E-state index contributed by atoms with van der Waals surface area (Å²) < 4.78 is 30.1. The van der Waals surface area contributed by atoms with E-state index in [4.69, 9.17) is 4.74 Å². The molecule has 0 bridgehead atoms. The molecule has 1 aliphatic rings. The maximum atomic E-state index is 12.3. The summed E-state index contributed by atoms with van der Waals surface area (Å²) >= 11 is 0. The quantitative estimate of drug-likeness (QED) is 0.833. The SMILES string of the molecule is Cc1[nH]c(=O)ccc1-c1cn(CS(C)(=O)=O)c(=O)cc1OCC1CC1. The number of H-pyrrole nitrogens is 1. The monoisotopic (exact) mass is 364 g/mol. The minimum absolute atomic E-state index is 0.230. The fourth-order valence-electron chi connectivity index (χ4n) is 2.59. The normalized spacial score (nSPS) is 14.5. The molecule has 1 saturated carbocycles. The van der Waals surface area contributed by atoms with E-state index < -0.39 is 21.3 Å². The Kier molecular flexibility index (Phi) is 4.55. The number of hydrogen-bond donors (Lipinski definition) is 1. The number of pyridine rings is 2. The molecule has 0 amide bonds. The van der Waals surface area contributed by atoms with Crippen molar-refractivity contribution in [3.8, 4) is 16.9 Å². The molecule has 0 aliphatic heterocycles. The molecule has 1 fully saturated rings. The Morgan fingerprint density at radius 1 is 1.24 bits per heavy atom. The molecule has 0 aromatic carbocycles. The molecule has 0 spiro atoms. The molecular formula is C17H20N2O5S. The molecular weight excluding hydrogens is 344 g/mol. The molecule has 8 heteroatoms. The first kappa shape index (κ1) is 17.5. The van der Waals surface area contributed by atoms with Crippen LogP contribution in [0.15, 0.2) is 34.0 Å². The largest absolute Gasteiger partial charge is 0.492 e. The van der Waals surface area contributed by atoms with Gasteiger partial charge in [-0.3, -0.25) is 14.2 Å². The van der Waals surface area contributed by atoms with Crippen LogP contribution in [-0.2, 0) is 15.7 Å². The molecule has 0 unspecified atom stereocenters. The Morgan fingerprint density at radius 3 is 2.56 bits per heavy atom. The Bertz CT molecular complexity index is 1020. The van der Waals surface area contributed by atoms with E-state index in [2.05, 4.69) is 4.98 Å². The van der Waals surface area contributed by atoms with E-state index in [0.717, 1.165) is 23.7 Å². The van der Waals surface area contributed by atoms with Crippen molar-refractivity contribution in [2.75, 3.05) is 12.9 Å². The van der Waals surface area contributed by atoms with Gasteiger partial charge < -0.3 is 9.72 Å². The highest BCUT2D eigenvalue weighted by Crippen LogP contribution is 2.33. The lowest BCUT2D eigenvalue weighted by Gasteiger charge is -2.15. The third-order valence-corrected chi connectivity index (χ3v) is 4.79. The van der Waals surface area contributed by atoms with Crippen molar-refractivity contribution in [2.45, 2.75) is 25.6 Å². The Balaban J connectivity index is 2.11. The highest BCUT2D eigenvalue weighted by atomic mass is 32.2. The highest BCUT2D eigenvalue weighted by Gasteiger charge is 2.23. The van der Waals surface area contributed by atoms with Crippen LogP contribution in [0.2, 0.25) is 0 Å². The second-order valence-electron chi connectivity index (χ2n) is 6.53. The van der Waals surface area contributed by atoms with Gasteiger partial charge in [0.25, 0.3) is 5.56 Å². The number of sulfone groups is 1. The van der Waals surface area contributed by atoms with Crippen LogP contribution < -0.4 is 15.9 Å². The van der Waals surface area contributed by atoms with Crippen LogP contribution in [0.4, 0.5) is 0 Å². The van der Waals surface area contributed by atoms with Crippen LogP contribution in [0.5, 0.6) is 5.75 Å². The van der Waals surface area contributed by atoms with Crippen molar-refractivity contribution in [1.82, 2.24) is 9.55 Å². The van der Waals surface area contributed by atoms with Crippen molar-refractivity contribution >= 4 is 9.84 Å². The van der Waals surface area contributed by atoms with Crippen LogP contribution >= 0.6 is 0 Å². The zero-order chi connectivity index (χ0) is 18.2. The molecule has 134 valence electrons. The third-order valence-electron chi connectivity index (χ3n) is 4.04. The first-order valence-electron chi connectivity index (χ1n) is 7.98. The minimum Gasteiger partial charge on any atom is -0.492 e. The molecule has 25 heavy (non-hydrogen) atoms. The number of aryl methyl sites for hydroxylation is 1. The number of aromatic nitrogens is 2. The maximum Gasteiger partial charge on any atom is 0.255 e. The van der Waals surface area contributed by atoms with Crippen LogP contribution in [0.25, 0.3) is 11.1 Å². The summed E-state index contributed by atoms with van der Waals surface area (Å²) in [4.78, 5) is 26.4. The number of ether oxygens (including phenoxy) is 1. The van der Waals surface area contributed by atoms with Crippen LogP contribution in [-0.4, -0.2) is 30.8 Å². The van der Waals surface area contributed by atoms with E-state index in [0.29, 0.717) is 35.1 Å². The van der Waals surface area contributed by atoms with Gasteiger partial charge in [0.05, 0.1) is 6.61 Å². The third kappa shape index (κ3) is 4.39. The summed E-state index contributed by atoms with van der Waals surface area (Å²) in [6.45, 7) is 2.26. The van der Waals surface area contributed by atoms with Gasteiger partial charge in [0.1, 0.15) is 11.6 Å². The summed E-state index contributed by atoms with van der Waals surface area (Å²) in [5.41, 5.74) is 1.21. The number of nitrogens with one attached hydrogen (secondary N) is 1. The van der Waals surface area contributed by atoms with E-state index in [9.17, 15) is 18.0 Å². The van der Waals surface area contributed by atoms with E-state index >= 15 is 0 Å². The van der Waals surface area contributed by atoms with Gasteiger partial charge in [0.2, 0.25) is 5.56 Å². The molecule has 1 N–H and O–H groups in total. The zero-order valence-electron chi connectivity index (χ0n) is 14.1. The topological polar surface area (TPSA) is 98.2 Å². The first-order chi connectivity index (χ1) is 11.7. The predicted molar refractivity (Wildman–Crippen MR) is 94.6 cm³/mol. The summed E-state index contributed by atoms with van der Waals surface area (Å²) in [5, 5.41) is 0. The Labute approximate surface area is 145 Å². The molecule has 7 nitrogen and oxygen atoms in total. The predicted octanol–water partition coefficient (Wildman–Crippen LogP) is 1.30. The zero-order valence-corrected chi connectivity index (χ0v) is 14.9. The van der Waals surface area contributed by atoms with Crippen LogP contribution in [0.1, 0.15) is 18.5 Å². The van der Waals surface area contributed by atoms with Crippen molar-refractivity contribution in [3.63, 3.8) is 0 Å². The molecule has 0 radical (unpaired) electrons. The lowest BCUT2D eigenvalue weighted by Crippen LogP contribution is -2.23. The summed E-state index contributed by atoms with van der Waals surface area (Å²) in [6.07, 6.45) is 4.77. The lowest BCUT2D eigenvalue weighted by atomic mass is 10.1. The molecule has 2 aromatic rings. The highest BCUT2D eigenvalue weighted by molar-refractivity contribution is 7.89.